The topological polar surface area (TPSA) is 107 Å². The number of carbonyl (C=O) groups is 3. The summed E-state index contributed by atoms with van der Waals surface area (Å²) in [4.78, 5) is 40.3. The lowest BCUT2D eigenvalue weighted by Crippen LogP contribution is -2.44. The molecule has 0 fully saturated rings. The van der Waals surface area contributed by atoms with Crippen LogP contribution in [0.25, 0.3) is 10.9 Å². The van der Waals surface area contributed by atoms with Gasteiger partial charge in [-0.3, -0.25) is 10.1 Å². The van der Waals surface area contributed by atoms with Crippen molar-refractivity contribution < 1.29 is 23.9 Å². The van der Waals surface area contributed by atoms with Crippen molar-refractivity contribution in [2.45, 2.75) is 33.4 Å². The summed E-state index contributed by atoms with van der Waals surface area (Å²) >= 11 is 0. The minimum absolute atomic E-state index is 0.122. The maximum Gasteiger partial charge on any atom is 0.340 e. The normalized spacial score (nSPS) is 10.7. The van der Waals surface area contributed by atoms with Gasteiger partial charge in [0.2, 0.25) is 0 Å². The van der Waals surface area contributed by atoms with Crippen LogP contribution in [0, 0.1) is 6.92 Å². The van der Waals surface area contributed by atoms with E-state index in [2.05, 4.69) is 15.6 Å². The number of aryl methyl sites for hydroxylation is 1. The number of amides is 3. The highest BCUT2D eigenvalue weighted by Crippen LogP contribution is 2.24. The van der Waals surface area contributed by atoms with Crippen molar-refractivity contribution >= 4 is 28.8 Å². The van der Waals surface area contributed by atoms with Gasteiger partial charge in [0.05, 0.1) is 23.4 Å². The molecule has 1 heterocycles. The molecule has 0 atom stereocenters. The second kappa shape index (κ2) is 9.09. The maximum absolute atomic E-state index is 12.6. The van der Waals surface area contributed by atoms with Gasteiger partial charge in [0, 0.05) is 18.5 Å². The Hall–Kier alpha value is -3.00. The smallest absolute Gasteiger partial charge is 0.340 e. The van der Waals surface area contributed by atoms with Crippen molar-refractivity contribution in [1.29, 1.82) is 0 Å². The van der Waals surface area contributed by atoms with Gasteiger partial charge in [-0.15, -0.1) is 0 Å². The van der Waals surface area contributed by atoms with Gasteiger partial charge >= 0.3 is 12.0 Å². The molecule has 1 aromatic heterocycles. The average Bonchev–Trinajstić information content (AvgIpc) is 2.59. The zero-order chi connectivity index (χ0) is 20.0. The molecule has 27 heavy (non-hydrogen) atoms. The summed E-state index contributed by atoms with van der Waals surface area (Å²) in [5.41, 5.74) is 2.11. The van der Waals surface area contributed by atoms with Crippen molar-refractivity contribution in [2.75, 3.05) is 13.7 Å². The van der Waals surface area contributed by atoms with Gasteiger partial charge < -0.3 is 14.8 Å². The predicted octanol–water partition coefficient (Wildman–Crippen LogP) is 2.08. The Balaban J connectivity index is 2.16. The number of rotatable bonds is 6. The number of fused-ring (bicyclic) bond motifs is 1. The molecule has 144 valence electrons. The number of hydrogen-bond donors (Lipinski definition) is 2. The van der Waals surface area contributed by atoms with E-state index in [0.29, 0.717) is 11.3 Å². The summed E-state index contributed by atoms with van der Waals surface area (Å²) in [5, 5.41) is 5.42. The van der Waals surface area contributed by atoms with Crippen LogP contribution in [0.2, 0.25) is 0 Å². The Morgan fingerprint density at radius 2 is 1.89 bits per heavy atom. The van der Waals surface area contributed by atoms with Gasteiger partial charge in [0.1, 0.15) is 0 Å². The number of para-hydroxylation sites is 1. The van der Waals surface area contributed by atoms with Gasteiger partial charge in [-0.25, -0.2) is 14.6 Å². The molecule has 8 heteroatoms. The zero-order valence-corrected chi connectivity index (χ0v) is 15.8. The number of carbonyl (C=O) groups excluding carboxylic acids is 3. The quantitative estimate of drug-likeness (QED) is 0.751. The van der Waals surface area contributed by atoms with Gasteiger partial charge in [-0.2, -0.15) is 0 Å². The van der Waals surface area contributed by atoms with E-state index in [1.807, 2.05) is 24.3 Å². The van der Waals surface area contributed by atoms with Crippen molar-refractivity contribution in [2.24, 2.45) is 0 Å². The molecule has 2 N–H and O–H groups in total. The van der Waals surface area contributed by atoms with Crippen molar-refractivity contribution in [3.63, 3.8) is 0 Å². The SMILES string of the molecule is COCc1nc2ccccc2c(C)c1C(=O)OCC(=O)NC(=O)NC(C)C. The van der Waals surface area contributed by atoms with Crippen LogP contribution >= 0.6 is 0 Å². The summed E-state index contributed by atoms with van der Waals surface area (Å²) < 4.78 is 10.2. The third-order valence-corrected chi connectivity index (χ3v) is 3.72. The van der Waals surface area contributed by atoms with E-state index in [4.69, 9.17) is 9.47 Å². The lowest BCUT2D eigenvalue weighted by atomic mass is 10.0. The van der Waals surface area contributed by atoms with Crippen LogP contribution in [0.4, 0.5) is 4.79 Å². The molecule has 0 spiro atoms. The zero-order valence-electron chi connectivity index (χ0n) is 15.8. The number of esters is 1. The van der Waals surface area contributed by atoms with Crippen molar-refractivity contribution in [3.8, 4) is 0 Å². The van der Waals surface area contributed by atoms with Crippen LogP contribution in [0.3, 0.4) is 0 Å². The monoisotopic (exact) mass is 373 g/mol. The number of hydrogen-bond acceptors (Lipinski definition) is 6. The number of benzene rings is 1. The summed E-state index contributed by atoms with van der Waals surface area (Å²) in [7, 11) is 1.50. The molecule has 0 aliphatic carbocycles. The fourth-order valence-electron chi connectivity index (χ4n) is 2.62. The third kappa shape index (κ3) is 5.24. The van der Waals surface area contributed by atoms with E-state index in [1.54, 1.807) is 20.8 Å². The van der Waals surface area contributed by atoms with E-state index < -0.39 is 24.5 Å². The molecule has 2 aromatic rings. The second-order valence-electron chi connectivity index (χ2n) is 6.26. The first-order chi connectivity index (χ1) is 12.8. The minimum Gasteiger partial charge on any atom is -0.452 e. The van der Waals surface area contributed by atoms with Crippen LogP contribution in [0.1, 0.15) is 35.5 Å². The molecule has 0 saturated carbocycles. The predicted molar refractivity (Wildman–Crippen MR) is 99.3 cm³/mol. The van der Waals surface area contributed by atoms with Gasteiger partial charge in [-0.1, -0.05) is 18.2 Å². The lowest BCUT2D eigenvalue weighted by molar-refractivity contribution is -0.123. The molecular weight excluding hydrogens is 350 g/mol. The summed E-state index contributed by atoms with van der Waals surface area (Å²) in [6, 6.07) is 6.64. The van der Waals surface area contributed by atoms with Crippen LogP contribution in [0.15, 0.2) is 24.3 Å². The molecule has 0 saturated heterocycles. The van der Waals surface area contributed by atoms with Crippen LogP contribution < -0.4 is 10.6 Å². The number of methoxy groups -OCH3 is 1. The second-order valence-corrected chi connectivity index (χ2v) is 6.26. The first kappa shape index (κ1) is 20.3. The third-order valence-electron chi connectivity index (χ3n) is 3.72. The number of aromatic nitrogens is 1. The Bertz CT molecular complexity index is 864. The molecule has 0 bridgehead atoms. The molecule has 2 rings (SSSR count). The van der Waals surface area contributed by atoms with E-state index in [9.17, 15) is 14.4 Å². The molecule has 3 amide bonds. The van der Waals surface area contributed by atoms with Crippen LogP contribution in [0.5, 0.6) is 0 Å². The highest BCUT2D eigenvalue weighted by molar-refractivity contribution is 6.00. The number of ether oxygens (including phenoxy) is 2. The molecule has 0 aliphatic heterocycles. The first-order valence-electron chi connectivity index (χ1n) is 8.48. The highest BCUT2D eigenvalue weighted by atomic mass is 16.5. The molecule has 8 nitrogen and oxygen atoms in total. The summed E-state index contributed by atoms with van der Waals surface area (Å²) in [6.07, 6.45) is 0. The molecule has 0 unspecified atom stereocenters. The molecule has 0 aliphatic rings. The van der Waals surface area contributed by atoms with Gasteiger partial charge in [-0.05, 0) is 32.4 Å². The Morgan fingerprint density at radius 3 is 2.56 bits per heavy atom. The Labute approximate surface area is 157 Å². The molecule has 1 aromatic carbocycles. The Morgan fingerprint density at radius 1 is 1.19 bits per heavy atom. The largest absolute Gasteiger partial charge is 0.452 e. The highest BCUT2D eigenvalue weighted by Gasteiger charge is 2.21. The average molecular weight is 373 g/mol. The minimum atomic E-state index is -0.721. The van der Waals surface area contributed by atoms with E-state index in [-0.39, 0.29) is 18.2 Å². The van der Waals surface area contributed by atoms with E-state index in [0.717, 1.165) is 10.9 Å². The number of pyridine rings is 1. The number of imide groups is 1. The van der Waals surface area contributed by atoms with Crippen LogP contribution in [-0.2, 0) is 20.9 Å². The number of urea groups is 1. The van der Waals surface area contributed by atoms with Gasteiger partial charge in [0.25, 0.3) is 5.91 Å². The van der Waals surface area contributed by atoms with Crippen LogP contribution in [-0.4, -0.2) is 42.7 Å². The van der Waals surface area contributed by atoms with Gasteiger partial charge in [0.15, 0.2) is 6.61 Å². The van der Waals surface area contributed by atoms with Crippen molar-refractivity contribution in [1.82, 2.24) is 15.6 Å². The molecular formula is C19H23N3O5. The number of nitrogens with one attached hydrogen (secondary N) is 2. The van der Waals surface area contributed by atoms with E-state index >= 15 is 0 Å². The maximum atomic E-state index is 12.6. The standard InChI is InChI=1S/C19H23N3O5/c1-11(2)20-19(25)22-16(23)10-27-18(24)17-12(3)13-7-5-6-8-14(13)21-15(17)9-26-4/h5-8,11H,9-10H2,1-4H3,(H2,20,22,23,25). The first-order valence-corrected chi connectivity index (χ1v) is 8.48. The van der Waals surface area contributed by atoms with Crippen molar-refractivity contribution in [3.05, 3.63) is 41.1 Å². The summed E-state index contributed by atoms with van der Waals surface area (Å²) in [5.74, 6) is -1.42. The van der Waals surface area contributed by atoms with E-state index in [1.165, 1.54) is 7.11 Å². The fraction of sp³-hybridized carbons (Fsp3) is 0.368. The Kier molecular flexibility index (Phi) is 6.84. The summed E-state index contributed by atoms with van der Waals surface area (Å²) in [6.45, 7) is 4.85. The fourth-order valence-corrected chi connectivity index (χ4v) is 2.62. The lowest BCUT2D eigenvalue weighted by Gasteiger charge is -2.14. The number of nitrogens with zero attached hydrogens (tertiary/aromatic N) is 1. The molecule has 0 radical (unpaired) electrons.